The van der Waals surface area contributed by atoms with Crippen LogP contribution in [0, 0.1) is 0 Å². The van der Waals surface area contributed by atoms with Crippen molar-refractivity contribution in [3.05, 3.63) is 18.6 Å². The maximum atomic E-state index is 10.2. The van der Waals surface area contributed by atoms with Gasteiger partial charge in [0, 0.05) is 19.3 Å². The molecule has 4 heterocycles. The van der Waals surface area contributed by atoms with Gasteiger partial charge in [-0.25, -0.2) is 9.97 Å². The van der Waals surface area contributed by atoms with Crippen molar-refractivity contribution in [2.45, 2.75) is 43.8 Å². The molecule has 0 unspecified atom stereocenters. The highest BCUT2D eigenvalue weighted by Crippen LogP contribution is 2.34. The minimum Gasteiger partial charge on any atom is -0.394 e. The Morgan fingerprint density at radius 1 is 1.12 bits per heavy atom. The zero-order valence-corrected chi connectivity index (χ0v) is 13.3. The summed E-state index contributed by atoms with van der Waals surface area (Å²) in [5.41, 5.74) is 0.653. The molecule has 3 N–H and O–H groups in total. The molecule has 2 aliphatic rings. The fourth-order valence-electron chi connectivity index (χ4n) is 3.63. The molecule has 2 aliphatic heterocycles. The number of hydrogen-bond donors (Lipinski definition) is 3. The number of rotatable bonds is 3. The first kappa shape index (κ1) is 15.8. The second-order valence-electron chi connectivity index (χ2n) is 6.43. The zero-order chi connectivity index (χ0) is 16.7. The van der Waals surface area contributed by atoms with Gasteiger partial charge in [0.2, 0.25) is 0 Å². The molecule has 0 bridgehead atoms. The van der Waals surface area contributed by atoms with Crippen LogP contribution in [0.3, 0.4) is 0 Å². The van der Waals surface area contributed by atoms with Crippen molar-refractivity contribution >= 4 is 16.9 Å². The van der Waals surface area contributed by atoms with E-state index in [9.17, 15) is 15.3 Å². The minimum atomic E-state index is -1.12. The van der Waals surface area contributed by atoms with Crippen LogP contribution in [0.25, 0.3) is 11.0 Å². The summed E-state index contributed by atoms with van der Waals surface area (Å²) in [6, 6.07) is 1.91. The molecule has 0 aromatic carbocycles. The third-order valence-corrected chi connectivity index (χ3v) is 4.94. The van der Waals surface area contributed by atoms with Crippen molar-refractivity contribution in [1.29, 1.82) is 0 Å². The minimum absolute atomic E-state index is 0.345. The lowest BCUT2D eigenvalue weighted by Gasteiger charge is -2.28. The first-order valence-electron chi connectivity index (χ1n) is 8.39. The average Bonchev–Trinajstić information content (AvgIpc) is 3.17. The number of aromatic nitrogens is 3. The Bertz CT molecular complexity index is 715. The van der Waals surface area contributed by atoms with Crippen LogP contribution in [0.2, 0.25) is 0 Å². The van der Waals surface area contributed by atoms with Crippen LogP contribution >= 0.6 is 0 Å². The molecular weight excluding hydrogens is 312 g/mol. The Morgan fingerprint density at radius 2 is 1.92 bits per heavy atom. The van der Waals surface area contributed by atoms with Gasteiger partial charge in [-0.1, -0.05) is 0 Å². The predicted octanol–water partition coefficient (Wildman–Crippen LogP) is 0.0331. The molecule has 0 radical (unpaired) electrons. The molecule has 0 amide bonds. The standard InChI is InChI=1S/C16H22N4O4/c21-8-11-12(22)13(23)16(24-11)20-7-4-10-14(17-9-18-15(10)20)19-5-2-1-3-6-19/h4,7,9,11-13,16,21-23H,1-3,5-6,8H2/t11-,12+,13-,16-/m0/s1. The van der Waals surface area contributed by atoms with E-state index in [1.807, 2.05) is 6.07 Å². The van der Waals surface area contributed by atoms with Crippen LogP contribution in [-0.2, 0) is 4.74 Å². The topological polar surface area (TPSA) is 104 Å². The van der Waals surface area contributed by atoms with Crippen molar-refractivity contribution in [3.63, 3.8) is 0 Å². The summed E-state index contributed by atoms with van der Waals surface area (Å²) in [5, 5.41) is 30.4. The smallest absolute Gasteiger partial charge is 0.164 e. The zero-order valence-electron chi connectivity index (χ0n) is 13.3. The Balaban J connectivity index is 1.71. The van der Waals surface area contributed by atoms with Gasteiger partial charge >= 0.3 is 0 Å². The Hall–Kier alpha value is -1.74. The molecule has 8 nitrogen and oxygen atoms in total. The summed E-state index contributed by atoms with van der Waals surface area (Å²) >= 11 is 0. The van der Waals surface area contributed by atoms with Crippen molar-refractivity contribution < 1.29 is 20.1 Å². The molecule has 4 atom stereocenters. The summed E-state index contributed by atoms with van der Waals surface area (Å²) in [6.07, 6.45) is 3.03. The van der Waals surface area contributed by atoms with E-state index in [1.54, 1.807) is 10.8 Å². The first-order chi connectivity index (χ1) is 11.7. The second kappa shape index (κ2) is 6.29. The van der Waals surface area contributed by atoms with Gasteiger partial charge in [-0.15, -0.1) is 0 Å². The third-order valence-electron chi connectivity index (χ3n) is 4.94. The third kappa shape index (κ3) is 2.46. The lowest BCUT2D eigenvalue weighted by molar-refractivity contribution is -0.0508. The van der Waals surface area contributed by atoms with E-state index in [0.29, 0.717) is 5.65 Å². The van der Waals surface area contributed by atoms with Crippen molar-refractivity contribution in [3.8, 4) is 0 Å². The summed E-state index contributed by atoms with van der Waals surface area (Å²) < 4.78 is 7.31. The average molecular weight is 334 g/mol. The number of aliphatic hydroxyl groups excluding tert-OH is 3. The van der Waals surface area contributed by atoms with E-state index in [2.05, 4.69) is 14.9 Å². The van der Waals surface area contributed by atoms with Gasteiger partial charge in [-0.05, 0) is 25.3 Å². The number of anilines is 1. The molecule has 0 spiro atoms. The Morgan fingerprint density at radius 3 is 2.62 bits per heavy atom. The summed E-state index contributed by atoms with van der Waals surface area (Å²) in [7, 11) is 0. The fraction of sp³-hybridized carbons (Fsp3) is 0.625. The molecule has 24 heavy (non-hydrogen) atoms. The van der Waals surface area contributed by atoms with E-state index in [1.165, 1.54) is 12.7 Å². The van der Waals surface area contributed by atoms with Crippen LogP contribution in [-0.4, -0.2) is 67.9 Å². The van der Waals surface area contributed by atoms with Crippen LogP contribution in [0.4, 0.5) is 5.82 Å². The number of aliphatic hydroxyl groups is 3. The van der Waals surface area contributed by atoms with Crippen LogP contribution < -0.4 is 4.90 Å². The van der Waals surface area contributed by atoms with Gasteiger partial charge in [-0.2, -0.15) is 0 Å². The lowest BCUT2D eigenvalue weighted by Crippen LogP contribution is -2.33. The number of piperidine rings is 1. The fourth-order valence-corrected chi connectivity index (χ4v) is 3.63. The largest absolute Gasteiger partial charge is 0.394 e. The number of ether oxygens (including phenoxy) is 1. The highest BCUT2D eigenvalue weighted by molar-refractivity contribution is 5.88. The molecule has 8 heteroatoms. The predicted molar refractivity (Wildman–Crippen MR) is 86.6 cm³/mol. The van der Waals surface area contributed by atoms with E-state index < -0.39 is 24.5 Å². The molecule has 0 aliphatic carbocycles. The molecule has 2 saturated heterocycles. The first-order valence-corrected chi connectivity index (χ1v) is 8.39. The quantitative estimate of drug-likeness (QED) is 0.728. The molecule has 2 fully saturated rings. The highest BCUT2D eigenvalue weighted by Gasteiger charge is 2.43. The van der Waals surface area contributed by atoms with Gasteiger partial charge in [0.25, 0.3) is 0 Å². The summed E-state index contributed by atoms with van der Waals surface area (Å²) in [4.78, 5) is 11.0. The number of fused-ring (bicyclic) bond motifs is 1. The van der Waals surface area contributed by atoms with E-state index >= 15 is 0 Å². The molecule has 4 rings (SSSR count). The molecule has 2 aromatic rings. The van der Waals surface area contributed by atoms with Crippen LogP contribution in [0.5, 0.6) is 0 Å². The maximum Gasteiger partial charge on any atom is 0.164 e. The highest BCUT2D eigenvalue weighted by atomic mass is 16.6. The Labute approximate surface area is 139 Å². The molecule has 130 valence electrons. The van der Waals surface area contributed by atoms with Gasteiger partial charge < -0.3 is 29.5 Å². The van der Waals surface area contributed by atoms with Gasteiger partial charge in [-0.3, -0.25) is 0 Å². The van der Waals surface area contributed by atoms with E-state index in [0.717, 1.165) is 37.1 Å². The molecule has 2 aromatic heterocycles. The van der Waals surface area contributed by atoms with Crippen molar-refractivity contribution in [2.24, 2.45) is 0 Å². The van der Waals surface area contributed by atoms with Gasteiger partial charge in [0.05, 0.1) is 12.0 Å². The van der Waals surface area contributed by atoms with Gasteiger partial charge in [0.15, 0.2) is 6.23 Å². The SMILES string of the molecule is OC[C@@H]1O[C@H](n2ccc3c(N4CCCCC4)ncnc32)[C@@H](O)[C@@H]1O. The van der Waals surface area contributed by atoms with E-state index in [-0.39, 0.29) is 6.61 Å². The van der Waals surface area contributed by atoms with Crippen molar-refractivity contribution in [1.82, 2.24) is 14.5 Å². The normalized spacial score (nSPS) is 31.0. The van der Waals surface area contributed by atoms with E-state index in [4.69, 9.17) is 4.74 Å². The van der Waals surface area contributed by atoms with Crippen LogP contribution in [0.15, 0.2) is 18.6 Å². The molecular formula is C16H22N4O4. The summed E-state index contributed by atoms with van der Waals surface area (Å²) in [6.45, 7) is 1.61. The molecule has 0 saturated carbocycles. The summed E-state index contributed by atoms with van der Waals surface area (Å²) in [5.74, 6) is 0.894. The lowest BCUT2D eigenvalue weighted by atomic mass is 10.1. The van der Waals surface area contributed by atoms with Crippen LogP contribution in [0.1, 0.15) is 25.5 Å². The number of hydrogen-bond acceptors (Lipinski definition) is 7. The second-order valence-corrected chi connectivity index (χ2v) is 6.43. The Kier molecular flexibility index (Phi) is 4.13. The monoisotopic (exact) mass is 334 g/mol. The number of nitrogens with zero attached hydrogens (tertiary/aromatic N) is 4. The van der Waals surface area contributed by atoms with Gasteiger partial charge in [0.1, 0.15) is 36.1 Å². The maximum absolute atomic E-state index is 10.2. The van der Waals surface area contributed by atoms with Crippen molar-refractivity contribution in [2.75, 3.05) is 24.6 Å².